The summed E-state index contributed by atoms with van der Waals surface area (Å²) in [6, 6.07) is 11.1. The SMILES string of the molecule is O=C(CN1C(=O)c2ccccc2C1=O)Nc1ccc(NC(=O)C(F)(F)F)cc1. The van der Waals surface area contributed by atoms with Gasteiger partial charge in [-0.3, -0.25) is 24.1 Å². The predicted molar refractivity (Wildman–Crippen MR) is 91.6 cm³/mol. The molecule has 1 aliphatic heterocycles. The van der Waals surface area contributed by atoms with Crippen LogP contribution < -0.4 is 10.6 Å². The zero-order valence-electron chi connectivity index (χ0n) is 14.0. The first kappa shape index (κ1) is 19.1. The van der Waals surface area contributed by atoms with Gasteiger partial charge in [-0.1, -0.05) is 12.1 Å². The summed E-state index contributed by atoms with van der Waals surface area (Å²) < 4.78 is 36.6. The summed E-state index contributed by atoms with van der Waals surface area (Å²) in [6.45, 7) is -0.515. The molecule has 2 aromatic carbocycles. The number of imide groups is 1. The number of anilines is 2. The average molecular weight is 391 g/mol. The van der Waals surface area contributed by atoms with Crippen molar-refractivity contribution < 1.29 is 32.3 Å². The number of hydrogen-bond acceptors (Lipinski definition) is 4. The van der Waals surface area contributed by atoms with E-state index in [-0.39, 0.29) is 22.5 Å². The number of carbonyl (C=O) groups is 4. The Balaban J connectivity index is 1.61. The molecule has 144 valence electrons. The van der Waals surface area contributed by atoms with Gasteiger partial charge in [0.2, 0.25) is 5.91 Å². The summed E-state index contributed by atoms with van der Waals surface area (Å²) in [6.07, 6.45) is -5.01. The van der Waals surface area contributed by atoms with Gasteiger partial charge in [-0.05, 0) is 36.4 Å². The van der Waals surface area contributed by atoms with Crippen molar-refractivity contribution in [3.63, 3.8) is 0 Å². The minimum Gasteiger partial charge on any atom is -0.325 e. The van der Waals surface area contributed by atoms with E-state index in [0.717, 1.165) is 4.90 Å². The van der Waals surface area contributed by atoms with E-state index in [1.54, 1.807) is 17.4 Å². The normalized spacial score (nSPS) is 13.3. The lowest BCUT2D eigenvalue weighted by atomic mass is 10.1. The van der Waals surface area contributed by atoms with E-state index in [9.17, 15) is 32.3 Å². The van der Waals surface area contributed by atoms with E-state index in [4.69, 9.17) is 0 Å². The van der Waals surface area contributed by atoms with E-state index >= 15 is 0 Å². The third kappa shape index (κ3) is 3.85. The molecule has 2 N–H and O–H groups in total. The van der Waals surface area contributed by atoms with Crippen molar-refractivity contribution in [1.29, 1.82) is 0 Å². The number of rotatable bonds is 4. The van der Waals surface area contributed by atoms with Crippen LogP contribution in [0.1, 0.15) is 20.7 Å². The second-order valence-electron chi connectivity index (χ2n) is 5.82. The highest BCUT2D eigenvalue weighted by Gasteiger charge is 2.38. The monoisotopic (exact) mass is 391 g/mol. The summed E-state index contributed by atoms with van der Waals surface area (Å²) >= 11 is 0. The van der Waals surface area contributed by atoms with Gasteiger partial charge in [-0.15, -0.1) is 0 Å². The zero-order valence-corrected chi connectivity index (χ0v) is 14.0. The maximum Gasteiger partial charge on any atom is 0.471 e. The molecule has 0 bridgehead atoms. The first-order valence-corrected chi connectivity index (χ1v) is 7.90. The van der Waals surface area contributed by atoms with Gasteiger partial charge in [0.15, 0.2) is 0 Å². The molecule has 4 amide bonds. The second kappa shape index (κ2) is 7.14. The molecule has 0 saturated heterocycles. The fraction of sp³-hybridized carbons (Fsp3) is 0.111. The molecule has 0 aromatic heterocycles. The van der Waals surface area contributed by atoms with Crippen LogP contribution in [0.4, 0.5) is 24.5 Å². The molecule has 0 saturated carbocycles. The fourth-order valence-electron chi connectivity index (χ4n) is 2.57. The Labute approximate surface area is 156 Å². The minimum absolute atomic E-state index is 0.110. The highest BCUT2D eigenvalue weighted by molar-refractivity contribution is 6.22. The largest absolute Gasteiger partial charge is 0.471 e. The van der Waals surface area contributed by atoms with Crippen molar-refractivity contribution in [3.05, 3.63) is 59.7 Å². The molecule has 0 fully saturated rings. The van der Waals surface area contributed by atoms with Gasteiger partial charge >= 0.3 is 12.1 Å². The Bertz CT molecular complexity index is 936. The van der Waals surface area contributed by atoms with Crippen molar-refractivity contribution >= 4 is 35.0 Å². The van der Waals surface area contributed by atoms with Crippen LogP contribution in [-0.4, -0.2) is 41.2 Å². The fourth-order valence-corrected chi connectivity index (χ4v) is 2.57. The predicted octanol–water partition coefficient (Wildman–Crippen LogP) is 2.42. The van der Waals surface area contributed by atoms with Crippen molar-refractivity contribution in [2.24, 2.45) is 0 Å². The molecule has 1 heterocycles. The topological polar surface area (TPSA) is 95.6 Å². The number of benzene rings is 2. The Morgan fingerprint density at radius 3 is 1.75 bits per heavy atom. The van der Waals surface area contributed by atoms with Gasteiger partial charge < -0.3 is 10.6 Å². The highest BCUT2D eigenvalue weighted by Crippen LogP contribution is 2.23. The maximum absolute atomic E-state index is 12.2. The Hall–Kier alpha value is -3.69. The number of alkyl halides is 3. The molecule has 0 atom stereocenters. The van der Waals surface area contributed by atoms with Gasteiger partial charge in [0.1, 0.15) is 6.54 Å². The summed E-state index contributed by atoms with van der Waals surface area (Å²) in [5, 5.41) is 4.10. The number of carbonyl (C=O) groups excluding carboxylic acids is 4. The van der Waals surface area contributed by atoms with Gasteiger partial charge in [-0.2, -0.15) is 13.2 Å². The summed E-state index contributed by atoms with van der Waals surface area (Å²) in [4.78, 5) is 48.2. The summed E-state index contributed by atoms with van der Waals surface area (Å²) in [5.74, 6) is -3.95. The summed E-state index contributed by atoms with van der Waals surface area (Å²) in [7, 11) is 0. The molecule has 1 aliphatic rings. The zero-order chi connectivity index (χ0) is 20.5. The number of halogens is 3. The number of fused-ring (bicyclic) bond motifs is 1. The molecule has 2 aromatic rings. The average Bonchev–Trinajstić information content (AvgIpc) is 2.88. The lowest BCUT2D eigenvalue weighted by Gasteiger charge is -2.14. The quantitative estimate of drug-likeness (QED) is 0.783. The smallest absolute Gasteiger partial charge is 0.325 e. The van der Waals surface area contributed by atoms with Crippen molar-refractivity contribution in [1.82, 2.24) is 4.90 Å². The number of nitrogens with zero attached hydrogens (tertiary/aromatic N) is 1. The van der Waals surface area contributed by atoms with Crippen LogP contribution in [0.15, 0.2) is 48.5 Å². The van der Waals surface area contributed by atoms with Crippen LogP contribution in [0.25, 0.3) is 0 Å². The van der Waals surface area contributed by atoms with Crippen LogP contribution in [0, 0.1) is 0 Å². The van der Waals surface area contributed by atoms with Crippen LogP contribution in [0.5, 0.6) is 0 Å². The lowest BCUT2D eigenvalue weighted by Crippen LogP contribution is -2.37. The Morgan fingerprint density at radius 1 is 0.821 bits per heavy atom. The standard InChI is InChI=1S/C18H12F3N3O4/c19-18(20,21)17(28)23-11-7-5-10(6-8-11)22-14(25)9-24-15(26)12-3-1-2-4-13(12)16(24)27/h1-8H,9H2,(H,22,25)(H,23,28). The molecular weight excluding hydrogens is 379 g/mol. The summed E-state index contributed by atoms with van der Waals surface area (Å²) in [5.41, 5.74) is 0.530. The third-order valence-electron chi connectivity index (χ3n) is 3.86. The van der Waals surface area contributed by atoms with Crippen LogP contribution >= 0.6 is 0 Å². The molecule has 0 unspecified atom stereocenters. The minimum atomic E-state index is -5.01. The first-order valence-electron chi connectivity index (χ1n) is 7.90. The third-order valence-corrected chi connectivity index (χ3v) is 3.86. The molecule has 3 rings (SSSR count). The van der Waals surface area contributed by atoms with Gasteiger partial charge in [0.25, 0.3) is 11.8 Å². The van der Waals surface area contributed by atoms with E-state index < -0.39 is 36.3 Å². The molecule has 10 heteroatoms. The molecule has 0 spiro atoms. The highest BCUT2D eigenvalue weighted by atomic mass is 19.4. The van der Waals surface area contributed by atoms with Crippen molar-refractivity contribution in [2.45, 2.75) is 6.18 Å². The van der Waals surface area contributed by atoms with Crippen LogP contribution in [0.2, 0.25) is 0 Å². The Kier molecular flexibility index (Phi) is 4.87. The Morgan fingerprint density at radius 2 is 1.29 bits per heavy atom. The number of hydrogen-bond donors (Lipinski definition) is 2. The first-order chi connectivity index (χ1) is 13.2. The van der Waals surface area contributed by atoms with Gasteiger partial charge in [-0.25, -0.2) is 0 Å². The van der Waals surface area contributed by atoms with Crippen molar-refractivity contribution in [2.75, 3.05) is 17.2 Å². The molecule has 0 radical (unpaired) electrons. The molecule has 28 heavy (non-hydrogen) atoms. The number of nitrogens with one attached hydrogen (secondary N) is 2. The van der Waals surface area contributed by atoms with E-state index in [2.05, 4.69) is 5.32 Å². The van der Waals surface area contributed by atoms with E-state index in [1.807, 2.05) is 0 Å². The molecular formula is C18H12F3N3O4. The van der Waals surface area contributed by atoms with Gasteiger partial charge in [0.05, 0.1) is 11.1 Å². The van der Waals surface area contributed by atoms with E-state index in [1.165, 1.54) is 36.4 Å². The second-order valence-corrected chi connectivity index (χ2v) is 5.82. The van der Waals surface area contributed by atoms with Crippen LogP contribution in [-0.2, 0) is 9.59 Å². The van der Waals surface area contributed by atoms with Crippen molar-refractivity contribution in [3.8, 4) is 0 Å². The molecule has 0 aliphatic carbocycles. The van der Waals surface area contributed by atoms with Crippen LogP contribution in [0.3, 0.4) is 0 Å². The van der Waals surface area contributed by atoms with Gasteiger partial charge in [0, 0.05) is 11.4 Å². The lowest BCUT2D eigenvalue weighted by molar-refractivity contribution is -0.167. The number of amides is 4. The van der Waals surface area contributed by atoms with E-state index in [0.29, 0.717) is 0 Å². The molecule has 7 nitrogen and oxygen atoms in total. The maximum atomic E-state index is 12.2.